The monoisotopic (exact) mass is 278 g/mol. The average Bonchev–Trinajstić information content (AvgIpc) is 2.57. The maximum absolute atomic E-state index is 8.99. The number of aliphatic hydroxyl groups excluding tert-OH is 1. The van der Waals surface area contributed by atoms with Crippen LogP contribution in [0.25, 0.3) is 11.1 Å². The van der Waals surface area contributed by atoms with Gasteiger partial charge in [-0.05, 0) is 11.6 Å². The minimum atomic E-state index is -0.0825. The van der Waals surface area contributed by atoms with Crippen molar-refractivity contribution in [3.63, 3.8) is 0 Å². The van der Waals surface area contributed by atoms with Crippen LogP contribution in [0.2, 0.25) is 0 Å². The maximum atomic E-state index is 8.99. The largest absolute Gasteiger partial charge is 0.424 e. The summed E-state index contributed by atoms with van der Waals surface area (Å²) in [6.07, 6.45) is 3.10. The molecule has 0 unspecified atom stereocenters. The van der Waals surface area contributed by atoms with Crippen LogP contribution < -0.4 is 4.74 Å². The molecule has 0 saturated heterocycles. The zero-order valence-electron chi connectivity index (χ0n) is 11.3. The molecule has 4 nitrogen and oxygen atoms in total. The third kappa shape index (κ3) is 3.07. The Labute approximate surface area is 122 Å². The van der Waals surface area contributed by atoms with Gasteiger partial charge in [0.05, 0.1) is 6.61 Å². The van der Waals surface area contributed by atoms with Crippen LogP contribution in [0.5, 0.6) is 11.8 Å². The number of hydrogen-bond acceptors (Lipinski definition) is 4. The van der Waals surface area contributed by atoms with Crippen LogP contribution in [0.4, 0.5) is 0 Å². The predicted molar refractivity (Wildman–Crippen MR) is 79.9 cm³/mol. The Bertz CT molecular complexity index is 712. The number of rotatable bonds is 4. The summed E-state index contributed by atoms with van der Waals surface area (Å²) in [5.74, 6) is 0.695. The summed E-state index contributed by atoms with van der Waals surface area (Å²) in [6.45, 7) is -0.0825. The minimum Gasteiger partial charge on any atom is -0.424 e. The van der Waals surface area contributed by atoms with Crippen LogP contribution in [-0.2, 0) is 6.61 Å². The van der Waals surface area contributed by atoms with Gasteiger partial charge in [-0.1, -0.05) is 48.5 Å². The van der Waals surface area contributed by atoms with E-state index < -0.39 is 0 Å². The van der Waals surface area contributed by atoms with E-state index in [0.717, 1.165) is 11.1 Å². The van der Waals surface area contributed by atoms with E-state index in [-0.39, 0.29) is 12.6 Å². The number of ether oxygens (including phenoxy) is 1. The zero-order valence-corrected chi connectivity index (χ0v) is 11.3. The molecule has 0 aliphatic carbocycles. The molecule has 0 spiro atoms. The van der Waals surface area contributed by atoms with Crippen LogP contribution in [-0.4, -0.2) is 15.1 Å². The van der Waals surface area contributed by atoms with E-state index in [1.807, 2.05) is 54.6 Å². The molecule has 1 N–H and O–H groups in total. The van der Waals surface area contributed by atoms with Crippen molar-refractivity contribution in [2.24, 2.45) is 0 Å². The SMILES string of the molecule is OCc1cnc(Oc2ccccc2-c2ccccc2)nc1. The van der Waals surface area contributed by atoms with Crippen molar-refractivity contribution in [1.82, 2.24) is 9.97 Å². The second-order valence-corrected chi connectivity index (χ2v) is 4.50. The van der Waals surface area contributed by atoms with E-state index in [1.54, 1.807) is 12.4 Å². The highest BCUT2D eigenvalue weighted by molar-refractivity contribution is 5.70. The van der Waals surface area contributed by atoms with Crippen molar-refractivity contribution < 1.29 is 9.84 Å². The van der Waals surface area contributed by atoms with E-state index in [2.05, 4.69) is 9.97 Å². The molecule has 0 atom stereocenters. The molecule has 0 saturated carbocycles. The molecule has 2 aromatic carbocycles. The molecule has 21 heavy (non-hydrogen) atoms. The average molecular weight is 278 g/mol. The van der Waals surface area contributed by atoms with Crippen molar-refractivity contribution >= 4 is 0 Å². The van der Waals surface area contributed by atoms with Crippen LogP contribution >= 0.6 is 0 Å². The maximum Gasteiger partial charge on any atom is 0.321 e. The number of para-hydroxylation sites is 1. The molecule has 0 aliphatic heterocycles. The van der Waals surface area contributed by atoms with E-state index in [1.165, 1.54) is 0 Å². The first-order valence-electron chi connectivity index (χ1n) is 6.61. The fourth-order valence-corrected chi connectivity index (χ4v) is 1.99. The highest BCUT2D eigenvalue weighted by Crippen LogP contribution is 2.31. The molecule has 0 radical (unpaired) electrons. The zero-order chi connectivity index (χ0) is 14.5. The minimum absolute atomic E-state index is 0.0825. The van der Waals surface area contributed by atoms with Crippen molar-refractivity contribution in [3.05, 3.63) is 72.6 Å². The van der Waals surface area contributed by atoms with Gasteiger partial charge in [0.2, 0.25) is 0 Å². The molecule has 3 aromatic rings. The van der Waals surface area contributed by atoms with Gasteiger partial charge in [0.1, 0.15) is 5.75 Å². The van der Waals surface area contributed by atoms with Gasteiger partial charge in [0, 0.05) is 23.5 Å². The first kappa shape index (κ1) is 13.3. The van der Waals surface area contributed by atoms with Crippen LogP contribution in [0.1, 0.15) is 5.56 Å². The lowest BCUT2D eigenvalue weighted by Gasteiger charge is -2.10. The first-order valence-corrected chi connectivity index (χ1v) is 6.61. The smallest absolute Gasteiger partial charge is 0.321 e. The van der Waals surface area contributed by atoms with Gasteiger partial charge < -0.3 is 9.84 Å². The van der Waals surface area contributed by atoms with Crippen LogP contribution in [0, 0.1) is 0 Å². The van der Waals surface area contributed by atoms with Gasteiger partial charge in [0.25, 0.3) is 0 Å². The Morgan fingerprint density at radius 1 is 0.857 bits per heavy atom. The van der Waals surface area contributed by atoms with E-state index >= 15 is 0 Å². The number of nitrogens with zero attached hydrogens (tertiary/aromatic N) is 2. The number of aromatic nitrogens is 2. The quantitative estimate of drug-likeness (QED) is 0.794. The molecule has 0 fully saturated rings. The topological polar surface area (TPSA) is 55.2 Å². The third-order valence-electron chi connectivity index (χ3n) is 3.04. The predicted octanol–water partition coefficient (Wildman–Crippen LogP) is 3.43. The van der Waals surface area contributed by atoms with Crippen molar-refractivity contribution in [1.29, 1.82) is 0 Å². The molecule has 0 aliphatic rings. The summed E-state index contributed by atoms with van der Waals surface area (Å²) in [5, 5.41) is 8.99. The summed E-state index contributed by atoms with van der Waals surface area (Å²) in [6, 6.07) is 18.0. The molecule has 1 heterocycles. The normalized spacial score (nSPS) is 10.3. The summed E-state index contributed by atoms with van der Waals surface area (Å²) < 4.78 is 5.76. The summed E-state index contributed by atoms with van der Waals surface area (Å²) in [4.78, 5) is 8.17. The Morgan fingerprint density at radius 2 is 1.52 bits per heavy atom. The Morgan fingerprint density at radius 3 is 2.24 bits per heavy atom. The Balaban J connectivity index is 1.92. The molecule has 0 bridgehead atoms. The van der Waals surface area contributed by atoms with Crippen LogP contribution in [0.3, 0.4) is 0 Å². The highest BCUT2D eigenvalue weighted by atomic mass is 16.5. The molecule has 104 valence electrons. The molecule has 0 amide bonds. The second kappa shape index (κ2) is 6.15. The fourth-order valence-electron chi connectivity index (χ4n) is 1.99. The number of benzene rings is 2. The summed E-state index contributed by atoms with van der Waals surface area (Å²) in [7, 11) is 0. The fraction of sp³-hybridized carbons (Fsp3) is 0.0588. The van der Waals surface area contributed by atoms with Gasteiger partial charge in [-0.15, -0.1) is 0 Å². The molecular weight excluding hydrogens is 264 g/mol. The lowest BCUT2D eigenvalue weighted by Crippen LogP contribution is -1.95. The van der Waals surface area contributed by atoms with Crippen molar-refractivity contribution in [2.45, 2.75) is 6.61 Å². The van der Waals surface area contributed by atoms with E-state index in [0.29, 0.717) is 11.3 Å². The highest BCUT2D eigenvalue weighted by Gasteiger charge is 2.08. The van der Waals surface area contributed by atoms with Gasteiger partial charge in [-0.25, -0.2) is 9.97 Å². The summed E-state index contributed by atoms with van der Waals surface area (Å²) >= 11 is 0. The first-order chi connectivity index (χ1) is 10.4. The van der Waals surface area contributed by atoms with Gasteiger partial charge in [-0.3, -0.25) is 0 Å². The lowest BCUT2D eigenvalue weighted by molar-refractivity contribution is 0.280. The van der Waals surface area contributed by atoms with Crippen molar-refractivity contribution in [3.8, 4) is 22.9 Å². The van der Waals surface area contributed by atoms with Gasteiger partial charge in [-0.2, -0.15) is 0 Å². The molecule has 1 aromatic heterocycles. The van der Waals surface area contributed by atoms with E-state index in [4.69, 9.17) is 9.84 Å². The van der Waals surface area contributed by atoms with Crippen molar-refractivity contribution in [2.75, 3.05) is 0 Å². The standard InChI is InChI=1S/C17H14N2O2/c20-12-13-10-18-17(19-11-13)21-16-9-5-4-8-15(16)14-6-2-1-3-7-14/h1-11,20H,12H2. The Kier molecular flexibility index (Phi) is 3.89. The van der Waals surface area contributed by atoms with E-state index in [9.17, 15) is 0 Å². The second-order valence-electron chi connectivity index (χ2n) is 4.50. The molecule has 3 rings (SSSR count). The number of aliphatic hydroxyl groups is 1. The summed E-state index contributed by atoms with van der Waals surface area (Å²) in [5.41, 5.74) is 2.70. The Hall–Kier alpha value is -2.72. The van der Waals surface area contributed by atoms with Gasteiger partial charge in [0.15, 0.2) is 0 Å². The lowest BCUT2D eigenvalue weighted by atomic mass is 10.1. The molecule has 4 heteroatoms. The van der Waals surface area contributed by atoms with Gasteiger partial charge >= 0.3 is 6.01 Å². The van der Waals surface area contributed by atoms with Crippen LogP contribution in [0.15, 0.2) is 67.0 Å². The number of hydrogen-bond donors (Lipinski definition) is 1. The third-order valence-corrected chi connectivity index (χ3v) is 3.04. The molecular formula is C17H14N2O2.